The van der Waals surface area contributed by atoms with E-state index in [2.05, 4.69) is 17.5 Å². The smallest absolute Gasteiger partial charge is 0.114 e. The van der Waals surface area contributed by atoms with Gasteiger partial charge in [-0.1, -0.05) is 0 Å². The zero-order valence-corrected chi connectivity index (χ0v) is 8.97. The predicted molar refractivity (Wildman–Crippen MR) is 55.0 cm³/mol. The van der Waals surface area contributed by atoms with Gasteiger partial charge in [0.15, 0.2) is 0 Å². The molecule has 0 aromatic rings. The molecule has 13 heavy (non-hydrogen) atoms. The molecule has 2 nitrogen and oxygen atoms in total. The lowest BCUT2D eigenvalue weighted by Gasteiger charge is -2.14. The van der Waals surface area contributed by atoms with Gasteiger partial charge in [0.25, 0.3) is 0 Å². The van der Waals surface area contributed by atoms with E-state index in [0.717, 1.165) is 26.1 Å². The summed E-state index contributed by atoms with van der Waals surface area (Å²) in [5, 5.41) is 0. The molecule has 0 aliphatic carbocycles. The molecule has 1 unspecified atom stereocenters. The summed E-state index contributed by atoms with van der Waals surface area (Å²) in [6.07, 6.45) is 1.06. The summed E-state index contributed by atoms with van der Waals surface area (Å²) in [6.45, 7) is 5.07. The van der Waals surface area contributed by atoms with E-state index in [4.69, 9.17) is 4.74 Å². The normalized spacial score (nSPS) is 26.5. The quantitative estimate of drug-likeness (QED) is 0.418. The molecular weight excluding hydrogens is 189 g/mol. The fourth-order valence-corrected chi connectivity index (χ4v) is 1.64. The number of ether oxygens (including phenoxy) is 1. The van der Waals surface area contributed by atoms with Crippen molar-refractivity contribution < 1.29 is 9.13 Å². The molecule has 1 fully saturated rings. The van der Waals surface area contributed by atoms with Crippen LogP contribution in [0.25, 0.3) is 0 Å². The molecule has 2 atom stereocenters. The third-order valence-electron chi connectivity index (χ3n) is 2.19. The SMILES string of the molecule is CC(S)OCCCN1CC[C@@H](F)C1. The zero-order chi connectivity index (χ0) is 9.68. The van der Waals surface area contributed by atoms with Crippen molar-refractivity contribution in [2.45, 2.75) is 31.4 Å². The van der Waals surface area contributed by atoms with E-state index in [1.54, 1.807) is 0 Å². The molecule has 1 aliphatic heterocycles. The van der Waals surface area contributed by atoms with Crippen molar-refractivity contribution >= 4 is 12.6 Å². The Kier molecular flexibility index (Phi) is 5.06. The minimum Gasteiger partial charge on any atom is -0.368 e. The molecule has 0 aromatic heterocycles. The standard InChI is InChI=1S/C9H18FNOS/c1-8(13)12-6-2-4-11-5-3-9(10)7-11/h8-9,13H,2-7H2,1H3/t8?,9-/m1/s1. The molecule has 0 saturated carbocycles. The van der Waals surface area contributed by atoms with Crippen molar-refractivity contribution in [3.05, 3.63) is 0 Å². The second kappa shape index (κ2) is 5.83. The van der Waals surface area contributed by atoms with Crippen molar-refractivity contribution in [3.63, 3.8) is 0 Å². The van der Waals surface area contributed by atoms with E-state index >= 15 is 0 Å². The van der Waals surface area contributed by atoms with Gasteiger partial charge < -0.3 is 9.64 Å². The van der Waals surface area contributed by atoms with Crippen LogP contribution in [0, 0.1) is 0 Å². The summed E-state index contributed by atoms with van der Waals surface area (Å²) >= 11 is 4.10. The van der Waals surface area contributed by atoms with Gasteiger partial charge in [0.1, 0.15) is 6.17 Å². The Bertz CT molecular complexity index is 146. The number of halogens is 1. The number of hydrogen-bond donors (Lipinski definition) is 1. The monoisotopic (exact) mass is 207 g/mol. The van der Waals surface area contributed by atoms with Crippen LogP contribution in [0.4, 0.5) is 4.39 Å². The van der Waals surface area contributed by atoms with Gasteiger partial charge in [-0.25, -0.2) is 4.39 Å². The fraction of sp³-hybridized carbons (Fsp3) is 1.00. The van der Waals surface area contributed by atoms with Crippen LogP contribution in [-0.2, 0) is 4.74 Å². The summed E-state index contributed by atoms with van der Waals surface area (Å²) < 4.78 is 18.0. The van der Waals surface area contributed by atoms with Crippen LogP contribution in [0.1, 0.15) is 19.8 Å². The van der Waals surface area contributed by atoms with Gasteiger partial charge in [0.05, 0.1) is 5.44 Å². The maximum absolute atomic E-state index is 12.7. The number of alkyl halides is 1. The van der Waals surface area contributed by atoms with E-state index in [9.17, 15) is 4.39 Å². The maximum atomic E-state index is 12.7. The van der Waals surface area contributed by atoms with Crippen molar-refractivity contribution in [1.29, 1.82) is 0 Å². The minimum absolute atomic E-state index is 0.00695. The van der Waals surface area contributed by atoms with Crippen molar-refractivity contribution in [1.82, 2.24) is 4.90 Å². The summed E-state index contributed by atoms with van der Waals surface area (Å²) in [7, 11) is 0. The predicted octanol–water partition coefficient (Wildman–Crippen LogP) is 1.71. The van der Waals surface area contributed by atoms with Gasteiger partial charge >= 0.3 is 0 Å². The average Bonchev–Trinajstić information content (AvgIpc) is 2.45. The lowest BCUT2D eigenvalue weighted by molar-refractivity contribution is 0.114. The van der Waals surface area contributed by atoms with Gasteiger partial charge in [0.2, 0.25) is 0 Å². The van der Waals surface area contributed by atoms with E-state index < -0.39 is 6.17 Å². The van der Waals surface area contributed by atoms with Crippen LogP contribution in [0.5, 0.6) is 0 Å². The summed E-state index contributed by atoms with van der Waals surface area (Å²) in [5.74, 6) is 0. The van der Waals surface area contributed by atoms with Crippen molar-refractivity contribution in [3.8, 4) is 0 Å². The first-order valence-electron chi connectivity index (χ1n) is 4.84. The third kappa shape index (κ3) is 4.84. The molecule has 78 valence electrons. The zero-order valence-electron chi connectivity index (χ0n) is 8.08. The van der Waals surface area contributed by atoms with Crippen LogP contribution in [0.3, 0.4) is 0 Å². The average molecular weight is 207 g/mol. The van der Waals surface area contributed by atoms with E-state index in [-0.39, 0.29) is 5.44 Å². The molecule has 1 rings (SSSR count). The van der Waals surface area contributed by atoms with E-state index in [1.165, 1.54) is 0 Å². The second-order valence-corrected chi connectivity index (χ2v) is 4.24. The van der Waals surface area contributed by atoms with E-state index in [0.29, 0.717) is 13.0 Å². The summed E-state index contributed by atoms with van der Waals surface area (Å²) in [6, 6.07) is 0. The lowest BCUT2D eigenvalue weighted by Crippen LogP contribution is -2.23. The van der Waals surface area contributed by atoms with Crippen LogP contribution in [0.2, 0.25) is 0 Å². The number of thiol groups is 1. The van der Waals surface area contributed by atoms with Gasteiger partial charge in [0, 0.05) is 26.2 Å². The molecule has 0 radical (unpaired) electrons. The van der Waals surface area contributed by atoms with Crippen LogP contribution in [0.15, 0.2) is 0 Å². The Labute approximate surface area is 84.8 Å². The van der Waals surface area contributed by atoms with Crippen LogP contribution >= 0.6 is 12.6 Å². The Morgan fingerprint density at radius 3 is 3.00 bits per heavy atom. The summed E-state index contributed by atoms with van der Waals surface area (Å²) in [4.78, 5) is 2.15. The largest absolute Gasteiger partial charge is 0.368 e. The topological polar surface area (TPSA) is 12.5 Å². The molecule has 0 bridgehead atoms. The Balaban J connectivity index is 1.94. The Morgan fingerprint density at radius 2 is 2.46 bits per heavy atom. The summed E-state index contributed by atoms with van der Waals surface area (Å²) in [5.41, 5.74) is 0.00695. The number of hydrogen-bond acceptors (Lipinski definition) is 3. The molecule has 1 aliphatic rings. The van der Waals surface area contributed by atoms with Crippen LogP contribution in [-0.4, -0.2) is 42.7 Å². The Hall–Kier alpha value is 0.200. The van der Waals surface area contributed by atoms with Gasteiger partial charge in [-0.3, -0.25) is 0 Å². The van der Waals surface area contributed by atoms with Crippen molar-refractivity contribution in [2.24, 2.45) is 0 Å². The molecule has 1 heterocycles. The van der Waals surface area contributed by atoms with Gasteiger partial charge in [-0.15, -0.1) is 12.6 Å². The Morgan fingerprint density at radius 1 is 1.69 bits per heavy atom. The van der Waals surface area contributed by atoms with Crippen molar-refractivity contribution in [2.75, 3.05) is 26.2 Å². The first-order chi connectivity index (χ1) is 6.18. The number of nitrogens with zero attached hydrogens (tertiary/aromatic N) is 1. The molecule has 4 heteroatoms. The highest BCUT2D eigenvalue weighted by molar-refractivity contribution is 7.80. The first kappa shape index (κ1) is 11.3. The van der Waals surface area contributed by atoms with Crippen LogP contribution < -0.4 is 0 Å². The van der Waals surface area contributed by atoms with Gasteiger partial charge in [-0.2, -0.15) is 0 Å². The lowest BCUT2D eigenvalue weighted by atomic mass is 10.3. The molecule has 0 aromatic carbocycles. The first-order valence-corrected chi connectivity index (χ1v) is 5.36. The molecule has 0 amide bonds. The third-order valence-corrected chi connectivity index (χ3v) is 2.34. The molecular formula is C9H18FNOS. The molecule has 1 saturated heterocycles. The van der Waals surface area contributed by atoms with Gasteiger partial charge in [-0.05, 0) is 19.8 Å². The highest BCUT2D eigenvalue weighted by atomic mass is 32.1. The minimum atomic E-state index is -0.607. The number of rotatable bonds is 5. The fourth-order valence-electron chi connectivity index (χ4n) is 1.53. The molecule has 0 N–H and O–H groups in total. The highest BCUT2D eigenvalue weighted by Crippen LogP contribution is 2.12. The highest BCUT2D eigenvalue weighted by Gasteiger charge is 2.20. The van der Waals surface area contributed by atoms with E-state index in [1.807, 2.05) is 6.92 Å². The number of likely N-dealkylation sites (tertiary alicyclic amines) is 1. The maximum Gasteiger partial charge on any atom is 0.114 e. The second-order valence-electron chi connectivity index (χ2n) is 3.51. The molecule has 0 spiro atoms.